The highest BCUT2D eigenvalue weighted by Gasteiger charge is 2.44. The third-order valence-corrected chi connectivity index (χ3v) is 6.37. The average molecular weight is 461 g/mol. The van der Waals surface area contributed by atoms with Gasteiger partial charge in [0, 0.05) is 24.2 Å². The highest BCUT2D eigenvalue weighted by atomic mass is 19.2. The summed E-state index contributed by atoms with van der Waals surface area (Å²) >= 11 is 0. The van der Waals surface area contributed by atoms with Crippen molar-refractivity contribution in [2.45, 2.75) is 19.0 Å². The molecule has 0 unspecified atom stereocenters. The molecule has 0 radical (unpaired) electrons. The molecule has 2 aromatic rings. The summed E-state index contributed by atoms with van der Waals surface area (Å²) in [7, 11) is 1.31. The van der Waals surface area contributed by atoms with Crippen LogP contribution in [0.15, 0.2) is 30.3 Å². The van der Waals surface area contributed by atoms with E-state index in [1.807, 2.05) is 0 Å². The molecule has 1 saturated heterocycles. The second kappa shape index (κ2) is 7.79. The zero-order chi connectivity index (χ0) is 23.4. The average Bonchev–Trinajstić information content (AvgIpc) is 3.38. The van der Waals surface area contributed by atoms with E-state index in [2.05, 4.69) is 5.32 Å². The molecule has 33 heavy (non-hydrogen) atoms. The van der Waals surface area contributed by atoms with Crippen molar-refractivity contribution in [3.63, 3.8) is 0 Å². The van der Waals surface area contributed by atoms with Crippen LogP contribution >= 0.6 is 0 Å². The van der Waals surface area contributed by atoms with Gasteiger partial charge in [-0.15, -0.1) is 0 Å². The number of methoxy groups -OCH3 is 1. The van der Waals surface area contributed by atoms with E-state index in [-0.39, 0.29) is 41.6 Å². The zero-order valence-corrected chi connectivity index (χ0v) is 17.5. The molecule has 2 bridgehead atoms. The van der Waals surface area contributed by atoms with Gasteiger partial charge in [-0.05, 0) is 30.0 Å². The molecule has 2 atom stereocenters. The second-order valence-corrected chi connectivity index (χ2v) is 8.32. The van der Waals surface area contributed by atoms with Crippen LogP contribution in [0.4, 0.5) is 28.0 Å². The molecule has 1 N–H and O–H groups in total. The number of ether oxygens (including phenoxy) is 1. The molecular weight excluding hydrogens is 442 g/mol. The Morgan fingerprint density at radius 3 is 2.55 bits per heavy atom. The van der Waals surface area contributed by atoms with E-state index in [0.29, 0.717) is 18.5 Å². The van der Waals surface area contributed by atoms with Gasteiger partial charge in [-0.2, -0.15) is 0 Å². The van der Waals surface area contributed by atoms with Gasteiger partial charge in [-0.1, -0.05) is 6.08 Å². The number of hydrogen-bond donors (Lipinski definition) is 1. The lowest BCUT2D eigenvalue weighted by atomic mass is 9.98. The molecule has 2 aliphatic heterocycles. The first-order chi connectivity index (χ1) is 15.8. The van der Waals surface area contributed by atoms with Crippen LogP contribution in [-0.2, 0) is 11.3 Å². The van der Waals surface area contributed by atoms with Gasteiger partial charge in [0.05, 0.1) is 30.9 Å². The molecule has 2 aromatic carbocycles. The Labute approximate surface area is 186 Å². The van der Waals surface area contributed by atoms with Crippen LogP contribution in [0, 0.1) is 29.2 Å². The first kappa shape index (κ1) is 21.3. The number of nitrogens with zero attached hydrogens (tertiary/aromatic N) is 2. The van der Waals surface area contributed by atoms with Crippen molar-refractivity contribution in [3.05, 3.63) is 64.7 Å². The molecule has 0 aromatic heterocycles. The largest absolute Gasteiger partial charge is 0.497 e. The topological polar surface area (TPSA) is 61.9 Å². The molecule has 1 aliphatic carbocycles. The maximum Gasteiger partial charge on any atom is 0.322 e. The summed E-state index contributed by atoms with van der Waals surface area (Å²) in [5.41, 5.74) is 0.272. The number of carbonyl (C=O) groups excluding carboxylic acids is 2. The SMILES string of the molecule is COc1cc(F)c(C2=C[C@@H]3C[C@H]2N(C(=O)CN2Cc4c(ccc(F)c4F)NC2=O)C3)c(F)c1. The van der Waals surface area contributed by atoms with E-state index in [1.54, 1.807) is 6.08 Å². The van der Waals surface area contributed by atoms with Gasteiger partial charge in [-0.3, -0.25) is 4.79 Å². The Balaban J connectivity index is 1.36. The summed E-state index contributed by atoms with van der Waals surface area (Å²) in [6, 6.07) is 3.19. The Hall–Kier alpha value is -3.56. The molecule has 10 heteroatoms. The van der Waals surface area contributed by atoms with Crippen molar-refractivity contribution in [1.29, 1.82) is 0 Å². The molecule has 3 amide bonds. The first-order valence-corrected chi connectivity index (χ1v) is 10.3. The zero-order valence-electron chi connectivity index (χ0n) is 17.5. The molecule has 172 valence electrons. The van der Waals surface area contributed by atoms with Crippen LogP contribution in [0.5, 0.6) is 5.75 Å². The number of halogens is 4. The van der Waals surface area contributed by atoms with Gasteiger partial charge >= 0.3 is 6.03 Å². The fourth-order valence-electron chi connectivity index (χ4n) is 4.82. The van der Waals surface area contributed by atoms with Gasteiger partial charge in [0.1, 0.15) is 23.9 Å². The first-order valence-electron chi connectivity index (χ1n) is 10.3. The lowest BCUT2D eigenvalue weighted by molar-refractivity contribution is -0.132. The number of hydrogen-bond acceptors (Lipinski definition) is 3. The fourth-order valence-corrected chi connectivity index (χ4v) is 4.82. The monoisotopic (exact) mass is 461 g/mol. The highest BCUT2D eigenvalue weighted by molar-refractivity contribution is 5.95. The van der Waals surface area contributed by atoms with E-state index in [9.17, 15) is 27.2 Å². The van der Waals surface area contributed by atoms with Crippen LogP contribution in [0.2, 0.25) is 0 Å². The van der Waals surface area contributed by atoms with Gasteiger partial charge < -0.3 is 19.9 Å². The summed E-state index contributed by atoms with van der Waals surface area (Å²) in [5.74, 6) is -4.18. The van der Waals surface area contributed by atoms with E-state index in [4.69, 9.17) is 4.74 Å². The molecule has 0 saturated carbocycles. The number of amides is 3. The molecule has 0 spiro atoms. The van der Waals surface area contributed by atoms with E-state index >= 15 is 0 Å². The Bertz CT molecular complexity index is 1190. The van der Waals surface area contributed by atoms with Crippen molar-refractivity contribution in [2.75, 3.05) is 25.5 Å². The third-order valence-electron chi connectivity index (χ3n) is 6.37. The van der Waals surface area contributed by atoms with Crippen LogP contribution in [-0.4, -0.2) is 48.0 Å². The number of urea groups is 1. The quantitative estimate of drug-likeness (QED) is 0.703. The lowest BCUT2D eigenvalue weighted by Gasteiger charge is -2.33. The van der Waals surface area contributed by atoms with Gasteiger partial charge in [0.25, 0.3) is 0 Å². The molecule has 5 rings (SSSR count). The number of carbonyl (C=O) groups is 2. The van der Waals surface area contributed by atoms with Gasteiger partial charge in [-0.25, -0.2) is 22.4 Å². The van der Waals surface area contributed by atoms with Crippen molar-refractivity contribution in [1.82, 2.24) is 9.80 Å². The summed E-state index contributed by atoms with van der Waals surface area (Å²) in [5, 5.41) is 2.46. The summed E-state index contributed by atoms with van der Waals surface area (Å²) < 4.78 is 62.0. The Morgan fingerprint density at radius 1 is 1.15 bits per heavy atom. The number of anilines is 1. The number of rotatable bonds is 4. The minimum atomic E-state index is -1.08. The van der Waals surface area contributed by atoms with Crippen LogP contribution in [0.25, 0.3) is 5.57 Å². The standard InChI is InChI=1S/C23H19F4N3O3/c1-33-12-6-16(25)21(17(26)7-12)13-4-11-5-19(13)30(8-11)20(31)10-29-9-14-18(28-23(29)32)3-2-15(24)22(14)27/h2-4,6-7,11,19H,5,8-10H2,1H3,(H,28,32)/t11-,19-/m1/s1. The van der Waals surface area contributed by atoms with Gasteiger partial charge in [0.2, 0.25) is 5.91 Å². The van der Waals surface area contributed by atoms with Crippen molar-refractivity contribution >= 4 is 23.2 Å². The lowest BCUT2D eigenvalue weighted by Crippen LogP contribution is -2.48. The normalized spacial score (nSPS) is 21.1. The van der Waals surface area contributed by atoms with E-state index < -0.39 is 41.2 Å². The van der Waals surface area contributed by atoms with E-state index in [1.165, 1.54) is 18.1 Å². The number of benzene rings is 2. The molecule has 3 aliphatic rings. The predicted molar refractivity (Wildman–Crippen MR) is 110 cm³/mol. The van der Waals surface area contributed by atoms with Crippen molar-refractivity contribution in [3.8, 4) is 5.75 Å². The summed E-state index contributed by atoms with van der Waals surface area (Å²) in [6.45, 7) is -0.310. The van der Waals surface area contributed by atoms with E-state index in [0.717, 1.165) is 23.1 Å². The minimum absolute atomic E-state index is 0.0468. The molecule has 6 nitrogen and oxygen atoms in total. The minimum Gasteiger partial charge on any atom is -0.497 e. The molecule has 1 fully saturated rings. The molecular formula is C23H19F4N3O3. The highest BCUT2D eigenvalue weighted by Crippen LogP contribution is 2.44. The fraction of sp³-hybridized carbons (Fsp3) is 0.304. The maximum atomic E-state index is 14.6. The third kappa shape index (κ3) is 3.49. The van der Waals surface area contributed by atoms with Gasteiger partial charge in [0.15, 0.2) is 11.6 Å². The van der Waals surface area contributed by atoms with Crippen molar-refractivity contribution in [2.24, 2.45) is 5.92 Å². The molecule has 2 heterocycles. The summed E-state index contributed by atoms with van der Waals surface area (Å²) in [6.07, 6.45) is 2.28. The Kier molecular flexibility index (Phi) is 5.02. The smallest absolute Gasteiger partial charge is 0.322 e. The maximum absolute atomic E-state index is 14.6. The second-order valence-electron chi connectivity index (χ2n) is 8.32. The van der Waals surface area contributed by atoms with Crippen molar-refractivity contribution < 1.29 is 31.9 Å². The Morgan fingerprint density at radius 2 is 1.88 bits per heavy atom. The van der Waals surface area contributed by atoms with Crippen LogP contribution in [0.3, 0.4) is 0 Å². The van der Waals surface area contributed by atoms with Crippen LogP contribution in [0.1, 0.15) is 17.5 Å². The summed E-state index contributed by atoms with van der Waals surface area (Å²) in [4.78, 5) is 28.0. The number of nitrogens with one attached hydrogen (secondary N) is 1. The van der Waals surface area contributed by atoms with Crippen LogP contribution < -0.4 is 10.1 Å². The predicted octanol–water partition coefficient (Wildman–Crippen LogP) is 3.91. The number of likely N-dealkylation sites (tertiary alicyclic amines) is 1. The number of fused-ring (bicyclic) bond motifs is 3.